The molecule has 0 atom stereocenters. The van der Waals surface area contributed by atoms with E-state index in [-0.39, 0.29) is 21.4 Å². The van der Waals surface area contributed by atoms with E-state index in [1.807, 2.05) is 0 Å². The van der Waals surface area contributed by atoms with Gasteiger partial charge in [0, 0.05) is 20.1 Å². The number of esters is 1. The predicted molar refractivity (Wildman–Crippen MR) is 111 cm³/mol. The van der Waals surface area contributed by atoms with Gasteiger partial charge in [0.25, 0.3) is 15.9 Å². The third kappa shape index (κ3) is 4.92. The lowest BCUT2D eigenvalue weighted by molar-refractivity contribution is -0.138. The number of hydrogen-bond donors (Lipinski definition) is 0. The van der Waals surface area contributed by atoms with Gasteiger partial charge >= 0.3 is 5.97 Å². The maximum atomic E-state index is 13.0. The van der Waals surface area contributed by atoms with Crippen LogP contribution in [-0.4, -0.2) is 65.2 Å². The minimum absolute atomic E-state index is 0.0192. The van der Waals surface area contributed by atoms with Crippen molar-refractivity contribution in [2.45, 2.75) is 4.90 Å². The highest BCUT2D eigenvalue weighted by Crippen LogP contribution is 2.28. The summed E-state index contributed by atoms with van der Waals surface area (Å²) in [6, 6.07) is 12.3. The van der Waals surface area contributed by atoms with Crippen molar-refractivity contribution in [3.63, 3.8) is 0 Å². The third-order valence-electron chi connectivity index (χ3n) is 4.62. The zero-order valence-corrected chi connectivity index (χ0v) is 17.9. The number of carbonyl (C=O) groups is 2. The van der Waals surface area contributed by atoms with Crippen LogP contribution in [0, 0.1) is 0 Å². The quantitative estimate of drug-likeness (QED) is 0.624. The summed E-state index contributed by atoms with van der Waals surface area (Å²) < 4.78 is 37.4. The molecule has 2 aromatic carbocycles. The second-order valence-corrected chi connectivity index (χ2v) is 8.87. The summed E-state index contributed by atoms with van der Waals surface area (Å²) in [5.74, 6) is -1.15. The number of anilines is 1. The van der Waals surface area contributed by atoms with Crippen LogP contribution in [0.5, 0.6) is 0 Å². The van der Waals surface area contributed by atoms with E-state index >= 15 is 0 Å². The van der Waals surface area contributed by atoms with Crippen molar-refractivity contribution in [2.75, 3.05) is 44.3 Å². The predicted octanol–water partition coefficient (Wildman–Crippen LogP) is 2.18. The lowest BCUT2D eigenvalue weighted by Gasteiger charge is -2.26. The molecule has 30 heavy (non-hydrogen) atoms. The van der Waals surface area contributed by atoms with E-state index in [2.05, 4.69) is 0 Å². The van der Waals surface area contributed by atoms with Crippen LogP contribution in [0.4, 0.5) is 5.69 Å². The first kappa shape index (κ1) is 22.1. The Bertz CT molecular complexity index is 1020. The van der Waals surface area contributed by atoms with Crippen LogP contribution in [-0.2, 0) is 24.3 Å². The minimum atomic E-state index is -4.02. The molecule has 0 radical (unpaired) electrons. The molecule has 3 rings (SSSR count). The molecule has 0 bridgehead atoms. The molecule has 8 nitrogen and oxygen atoms in total. The largest absolute Gasteiger partial charge is 0.452 e. The minimum Gasteiger partial charge on any atom is -0.452 e. The number of nitrogens with zero attached hydrogens (tertiary/aromatic N) is 2. The summed E-state index contributed by atoms with van der Waals surface area (Å²) >= 11 is 6.12. The topological polar surface area (TPSA) is 93.2 Å². The molecule has 1 aliphatic rings. The van der Waals surface area contributed by atoms with E-state index in [1.54, 1.807) is 35.2 Å². The molecule has 1 aliphatic heterocycles. The zero-order valence-electron chi connectivity index (χ0n) is 16.3. The molecule has 10 heteroatoms. The molecule has 1 heterocycles. The number of hydrogen-bond acceptors (Lipinski definition) is 6. The Morgan fingerprint density at radius 2 is 1.80 bits per heavy atom. The molecule has 1 saturated heterocycles. The Kier molecular flexibility index (Phi) is 6.96. The van der Waals surface area contributed by atoms with Gasteiger partial charge < -0.3 is 14.4 Å². The van der Waals surface area contributed by atoms with E-state index in [0.29, 0.717) is 32.0 Å². The van der Waals surface area contributed by atoms with Gasteiger partial charge in [-0.3, -0.25) is 9.10 Å². The van der Waals surface area contributed by atoms with Crippen LogP contribution < -0.4 is 4.31 Å². The number of carbonyl (C=O) groups excluding carboxylic acids is 2. The van der Waals surface area contributed by atoms with Gasteiger partial charge in [-0.25, -0.2) is 13.2 Å². The Hall–Kier alpha value is -2.62. The smallest absolute Gasteiger partial charge is 0.338 e. The number of amides is 1. The number of rotatable bonds is 6. The average molecular weight is 453 g/mol. The Labute approximate surface area is 180 Å². The number of ether oxygens (including phenoxy) is 2. The Morgan fingerprint density at radius 3 is 2.47 bits per heavy atom. The van der Waals surface area contributed by atoms with E-state index in [9.17, 15) is 18.0 Å². The van der Waals surface area contributed by atoms with Gasteiger partial charge in [-0.2, -0.15) is 0 Å². The van der Waals surface area contributed by atoms with Gasteiger partial charge in [0.2, 0.25) is 0 Å². The van der Waals surface area contributed by atoms with Crippen LogP contribution in [0.1, 0.15) is 10.4 Å². The lowest BCUT2D eigenvalue weighted by Crippen LogP contribution is -2.42. The lowest BCUT2D eigenvalue weighted by atomic mass is 10.2. The van der Waals surface area contributed by atoms with Crippen LogP contribution >= 0.6 is 11.6 Å². The van der Waals surface area contributed by atoms with E-state index in [1.165, 1.54) is 19.2 Å². The summed E-state index contributed by atoms with van der Waals surface area (Å²) in [6.45, 7) is 1.31. The fraction of sp³-hybridized carbons (Fsp3) is 0.300. The zero-order chi connectivity index (χ0) is 21.7. The first-order valence-corrected chi connectivity index (χ1v) is 11.0. The van der Waals surface area contributed by atoms with Crippen molar-refractivity contribution >= 4 is 39.2 Å². The normalized spacial score (nSPS) is 14.3. The van der Waals surface area contributed by atoms with E-state index in [0.717, 1.165) is 10.4 Å². The van der Waals surface area contributed by atoms with Crippen LogP contribution in [0.15, 0.2) is 53.4 Å². The van der Waals surface area contributed by atoms with Crippen molar-refractivity contribution in [2.24, 2.45) is 0 Å². The van der Waals surface area contributed by atoms with E-state index in [4.69, 9.17) is 21.1 Å². The monoisotopic (exact) mass is 452 g/mol. The van der Waals surface area contributed by atoms with E-state index < -0.39 is 22.6 Å². The van der Waals surface area contributed by atoms with Crippen molar-refractivity contribution in [1.29, 1.82) is 0 Å². The molecular weight excluding hydrogens is 432 g/mol. The highest BCUT2D eigenvalue weighted by Gasteiger charge is 2.26. The number of sulfonamides is 1. The van der Waals surface area contributed by atoms with Crippen LogP contribution in [0.25, 0.3) is 0 Å². The summed E-state index contributed by atoms with van der Waals surface area (Å²) in [7, 11) is -2.63. The molecule has 0 spiro atoms. The molecule has 1 amide bonds. The maximum absolute atomic E-state index is 13.0. The van der Waals surface area contributed by atoms with Crippen LogP contribution in [0.3, 0.4) is 0 Å². The van der Waals surface area contributed by atoms with Crippen molar-refractivity contribution in [3.05, 3.63) is 59.1 Å². The molecule has 160 valence electrons. The van der Waals surface area contributed by atoms with Crippen molar-refractivity contribution < 1.29 is 27.5 Å². The molecule has 0 aliphatic carbocycles. The maximum Gasteiger partial charge on any atom is 0.338 e. The molecule has 0 saturated carbocycles. The third-order valence-corrected chi connectivity index (χ3v) is 6.88. The highest BCUT2D eigenvalue weighted by molar-refractivity contribution is 7.93. The van der Waals surface area contributed by atoms with Crippen LogP contribution in [0.2, 0.25) is 5.02 Å². The van der Waals surface area contributed by atoms with Gasteiger partial charge in [-0.1, -0.05) is 29.8 Å². The van der Waals surface area contributed by atoms with Crippen molar-refractivity contribution in [1.82, 2.24) is 4.90 Å². The molecule has 0 N–H and O–H groups in total. The first-order chi connectivity index (χ1) is 14.3. The number of morpholine rings is 1. The molecule has 2 aromatic rings. The second-order valence-electron chi connectivity index (χ2n) is 6.52. The number of halogens is 1. The Morgan fingerprint density at radius 1 is 1.13 bits per heavy atom. The first-order valence-electron chi connectivity index (χ1n) is 9.17. The molecular formula is C20H21ClN2O6S. The second kappa shape index (κ2) is 9.46. The average Bonchev–Trinajstić information content (AvgIpc) is 2.78. The summed E-state index contributed by atoms with van der Waals surface area (Å²) in [6.07, 6.45) is 0. The standard InChI is InChI=1S/C20H21ClN2O6S/c1-22(16-5-3-2-4-6-16)30(26,27)18-13-15(7-8-17(18)21)20(25)29-14-19(24)23-9-11-28-12-10-23/h2-8,13H,9-12,14H2,1H3. The fourth-order valence-electron chi connectivity index (χ4n) is 2.87. The summed E-state index contributed by atoms with van der Waals surface area (Å²) in [5, 5.41) is -0.0290. The number of para-hydroxylation sites is 1. The molecule has 0 unspecified atom stereocenters. The van der Waals surface area contributed by atoms with Gasteiger partial charge in [0.15, 0.2) is 6.61 Å². The van der Waals surface area contributed by atoms with Gasteiger partial charge in [-0.15, -0.1) is 0 Å². The molecule has 0 aromatic heterocycles. The molecule has 1 fully saturated rings. The summed E-state index contributed by atoms with van der Waals surface area (Å²) in [4.78, 5) is 25.8. The SMILES string of the molecule is CN(c1ccccc1)S(=O)(=O)c1cc(C(=O)OCC(=O)N2CCOCC2)ccc1Cl. The number of benzene rings is 2. The summed E-state index contributed by atoms with van der Waals surface area (Å²) in [5.41, 5.74) is 0.423. The Balaban J connectivity index is 1.75. The van der Waals surface area contributed by atoms with Crippen molar-refractivity contribution in [3.8, 4) is 0 Å². The van der Waals surface area contributed by atoms with Gasteiger partial charge in [-0.05, 0) is 30.3 Å². The van der Waals surface area contributed by atoms with Gasteiger partial charge in [0.05, 0.1) is 29.5 Å². The highest BCUT2D eigenvalue weighted by atomic mass is 35.5. The fourth-order valence-corrected chi connectivity index (χ4v) is 4.56. The van der Waals surface area contributed by atoms with Gasteiger partial charge in [0.1, 0.15) is 4.90 Å².